The second-order valence-electron chi connectivity index (χ2n) is 10.0. The highest BCUT2D eigenvalue weighted by atomic mass is 16.6. The van der Waals surface area contributed by atoms with Crippen LogP contribution in [-0.4, -0.2) is 58.5 Å². The Hall–Kier alpha value is -3.92. The van der Waals surface area contributed by atoms with Gasteiger partial charge in [0.2, 0.25) is 5.91 Å². The third-order valence-electron chi connectivity index (χ3n) is 6.34. The topological polar surface area (TPSA) is 171 Å². The van der Waals surface area contributed by atoms with Crippen LogP contribution in [-0.2, 0) is 36.8 Å². The van der Waals surface area contributed by atoms with Crippen molar-refractivity contribution in [2.45, 2.75) is 57.8 Å². The van der Waals surface area contributed by atoms with Crippen LogP contribution in [0.25, 0.3) is 0 Å². The fraction of sp³-hybridized carbons (Fsp3) is 0.429. The van der Waals surface area contributed by atoms with Crippen molar-refractivity contribution in [2.24, 2.45) is 17.6 Å². The fourth-order valence-corrected chi connectivity index (χ4v) is 4.18. The molecule has 1 fully saturated rings. The van der Waals surface area contributed by atoms with E-state index in [1.807, 2.05) is 13.8 Å². The summed E-state index contributed by atoms with van der Waals surface area (Å²) in [6, 6.07) is 12.1. The number of aromatic hydroxyl groups is 2. The Labute approximate surface area is 221 Å². The third-order valence-corrected chi connectivity index (χ3v) is 6.34. The second kappa shape index (κ2) is 13.0. The van der Waals surface area contributed by atoms with Gasteiger partial charge in [0, 0.05) is 18.9 Å². The molecule has 1 aliphatic rings. The number of epoxide rings is 1. The molecular formula is C28H35N3O7. The van der Waals surface area contributed by atoms with E-state index in [-0.39, 0.29) is 36.0 Å². The van der Waals surface area contributed by atoms with Gasteiger partial charge >= 0.3 is 0 Å². The zero-order valence-corrected chi connectivity index (χ0v) is 21.6. The van der Waals surface area contributed by atoms with Gasteiger partial charge in [0.25, 0.3) is 11.8 Å². The molecule has 6 N–H and O–H groups in total. The molecule has 3 unspecified atom stereocenters. The molecule has 1 aliphatic heterocycles. The van der Waals surface area contributed by atoms with Gasteiger partial charge in [-0.25, -0.2) is 0 Å². The summed E-state index contributed by atoms with van der Waals surface area (Å²) in [5.74, 6) is -2.38. The average molecular weight is 526 g/mol. The van der Waals surface area contributed by atoms with Crippen LogP contribution < -0.4 is 16.4 Å². The molecule has 10 nitrogen and oxygen atoms in total. The maximum atomic E-state index is 13.1. The normalized spacial score (nSPS) is 17.9. The number of rotatable bonds is 14. The number of nitrogens with two attached hydrogens (primary N) is 1. The second-order valence-corrected chi connectivity index (χ2v) is 10.0. The maximum Gasteiger partial charge on any atom is 0.253 e. The van der Waals surface area contributed by atoms with E-state index < -0.39 is 41.9 Å². The summed E-state index contributed by atoms with van der Waals surface area (Å²) in [4.78, 5) is 50.4. The number of ether oxygens (including phenoxy) is 1. The molecule has 0 aromatic heterocycles. The van der Waals surface area contributed by atoms with Gasteiger partial charge < -0.3 is 31.3 Å². The highest BCUT2D eigenvalue weighted by Gasteiger charge is 2.50. The number of carbonyl (C=O) groups is 4. The summed E-state index contributed by atoms with van der Waals surface area (Å²) in [6.07, 6.45) is -0.952. The molecule has 0 radical (unpaired) electrons. The van der Waals surface area contributed by atoms with E-state index in [0.29, 0.717) is 19.4 Å². The van der Waals surface area contributed by atoms with Crippen LogP contribution >= 0.6 is 0 Å². The molecule has 0 aliphatic carbocycles. The Kier molecular flexibility index (Phi) is 9.84. The van der Waals surface area contributed by atoms with Crippen LogP contribution in [0.3, 0.4) is 0 Å². The molecule has 3 amide bonds. The lowest BCUT2D eigenvalue weighted by Gasteiger charge is -2.21. The van der Waals surface area contributed by atoms with E-state index in [4.69, 9.17) is 10.5 Å². The van der Waals surface area contributed by atoms with Gasteiger partial charge in [-0.2, -0.15) is 0 Å². The monoisotopic (exact) mass is 525 g/mol. The summed E-state index contributed by atoms with van der Waals surface area (Å²) >= 11 is 0. The first-order chi connectivity index (χ1) is 18.0. The number of benzene rings is 2. The molecule has 1 saturated heterocycles. The van der Waals surface area contributed by atoms with Crippen LogP contribution in [0.5, 0.6) is 11.5 Å². The van der Waals surface area contributed by atoms with Crippen LogP contribution in [0.15, 0.2) is 48.5 Å². The van der Waals surface area contributed by atoms with Gasteiger partial charge in [-0.15, -0.1) is 0 Å². The lowest BCUT2D eigenvalue weighted by molar-refractivity contribution is -0.131. The minimum Gasteiger partial charge on any atom is -0.508 e. The quantitative estimate of drug-likeness (QED) is 0.232. The zero-order valence-electron chi connectivity index (χ0n) is 21.6. The number of nitrogens with one attached hydrogen (secondary N) is 2. The summed E-state index contributed by atoms with van der Waals surface area (Å²) in [5.41, 5.74) is 7.23. The Morgan fingerprint density at radius 3 is 2.00 bits per heavy atom. The molecule has 0 spiro atoms. The van der Waals surface area contributed by atoms with Crippen LogP contribution in [0.1, 0.15) is 37.8 Å². The minimum absolute atomic E-state index is 0.0764. The molecule has 2 aromatic rings. The van der Waals surface area contributed by atoms with Crippen molar-refractivity contribution in [3.8, 4) is 11.5 Å². The van der Waals surface area contributed by atoms with E-state index in [1.54, 1.807) is 36.4 Å². The first-order valence-corrected chi connectivity index (χ1v) is 12.6. The van der Waals surface area contributed by atoms with Gasteiger partial charge in [0.05, 0.1) is 6.04 Å². The SMILES string of the molecule is CC(C)C[C@H](NC(=O)C1OC1C(=O)NCCc1ccc(O)cc1)C(=O)CC(Cc1ccc(O)cc1)C(N)=O. The Morgan fingerprint density at radius 1 is 0.895 bits per heavy atom. The summed E-state index contributed by atoms with van der Waals surface area (Å²) < 4.78 is 5.29. The number of amides is 3. The number of primary amides is 1. The van der Waals surface area contributed by atoms with E-state index >= 15 is 0 Å². The van der Waals surface area contributed by atoms with Crippen molar-refractivity contribution < 1.29 is 34.1 Å². The summed E-state index contributed by atoms with van der Waals surface area (Å²) in [5, 5.41) is 24.2. The van der Waals surface area contributed by atoms with Crippen molar-refractivity contribution in [1.82, 2.24) is 10.6 Å². The largest absolute Gasteiger partial charge is 0.508 e. The molecular weight excluding hydrogens is 490 g/mol. The average Bonchev–Trinajstić information content (AvgIpc) is 3.66. The fourth-order valence-electron chi connectivity index (χ4n) is 4.18. The Balaban J connectivity index is 1.52. The predicted molar refractivity (Wildman–Crippen MR) is 139 cm³/mol. The smallest absolute Gasteiger partial charge is 0.253 e. The maximum absolute atomic E-state index is 13.1. The van der Waals surface area contributed by atoms with Crippen molar-refractivity contribution in [1.29, 1.82) is 0 Å². The third kappa shape index (κ3) is 8.58. The van der Waals surface area contributed by atoms with Crippen LogP contribution in [0, 0.1) is 11.8 Å². The van der Waals surface area contributed by atoms with Crippen LogP contribution in [0.4, 0.5) is 0 Å². The highest BCUT2D eigenvalue weighted by molar-refractivity contribution is 5.98. The van der Waals surface area contributed by atoms with Gasteiger partial charge in [-0.3, -0.25) is 19.2 Å². The Morgan fingerprint density at radius 2 is 1.45 bits per heavy atom. The lowest BCUT2D eigenvalue weighted by atomic mass is 9.89. The molecule has 204 valence electrons. The molecule has 3 rings (SSSR count). The summed E-state index contributed by atoms with van der Waals surface area (Å²) in [7, 11) is 0. The van der Waals surface area contributed by atoms with Crippen molar-refractivity contribution >= 4 is 23.5 Å². The van der Waals surface area contributed by atoms with Gasteiger partial charge in [0.1, 0.15) is 11.5 Å². The molecule has 4 atom stereocenters. The highest BCUT2D eigenvalue weighted by Crippen LogP contribution is 2.24. The predicted octanol–water partition coefficient (Wildman–Crippen LogP) is 1.36. The Bertz CT molecular complexity index is 1130. The number of ketones is 1. The van der Waals surface area contributed by atoms with E-state index in [1.165, 1.54) is 12.1 Å². The molecule has 2 aromatic carbocycles. The van der Waals surface area contributed by atoms with Gasteiger partial charge in [0.15, 0.2) is 18.0 Å². The van der Waals surface area contributed by atoms with E-state index in [2.05, 4.69) is 10.6 Å². The zero-order chi connectivity index (χ0) is 27.8. The minimum atomic E-state index is -0.991. The first kappa shape index (κ1) is 28.6. The van der Waals surface area contributed by atoms with Crippen molar-refractivity contribution in [3.05, 3.63) is 59.7 Å². The molecule has 0 saturated carbocycles. The lowest BCUT2D eigenvalue weighted by Crippen LogP contribution is -2.46. The van der Waals surface area contributed by atoms with Gasteiger partial charge in [-0.1, -0.05) is 38.1 Å². The van der Waals surface area contributed by atoms with Crippen molar-refractivity contribution in [2.75, 3.05) is 6.54 Å². The molecule has 38 heavy (non-hydrogen) atoms. The number of carbonyl (C=O) groups excluding carboxylic acids is 4. The standard InChI is InChI=1S/C28H35N3O7/c1-16(2)13-22(23(34)15-19(26(29)35)14-18-5-9-21(33)10-6-18)31-28(37)25-24(38-25)27(36)30-12-11-17-3-7-20(32)8-4-17/h3-10,16,19,22,24-25,32-33H,11-15H2,1-2H3,(H2,29,35)(H,30,36)(H,31,37)/t19?,22-,24?,25?/m0/s1. The number of hydrogen-bond donors (Lipinski definition) is 5. The number of hydrogen-bond acceptors (Lipinski definition) is 7. The summed E-state index contributed by atoms with van der Waals surface area (Å²) in [6.45, 7) is 4.15. The molecule has 1 heterocycles. The van der Waals surface area contributed by atoms with E-state index in [9.17, 15) is 29.4 Å². The molecule has 0 bridgehead atoms. The number of Topliss-reactive ketones (excluding diaryl/α,β-unsaturated/α-hetero) is 1. The van der Waals surface area contributed by atoms with Gasteiger partial charge in [-0.05, 0) is 60.6 Å². The number of phenolic OH excluding ortho intramolecular Hbond substituents is 2. The molecule has 10 heteroatoms. The van der Waals surface area contributed by atoms with Crippen molar-refractivity contribution in [3.63, 3.8) is 0 Å². The van der Waals surface area contributed by atoms with Crippen LogP contribution in [0.2, 0.25) is 0 Å². The number of phenols is 2. The van der Waals surface area contributed by atoms with E-state index in [0.717, 1.165) is 11.1 Å². The first-order valence-electron chi connectivity index (χ1n) is 12.6.